The lowest BCUT2D eigenvalue weighted by atomic mass is 9.87. The van der Waals surface area contributed by atoms with Crippen molar-refractivity contribution in [3.8, 4) is 11.5 Å². The number of imide groups is 1. The number of halogens is 2. The molecular weight excluding hydrogens is 424 g/mol. The molecule has 1 heterocycles. The van der Waals surface area contributed by atoms with Gasteiger partial charge in [-0.3, -0.25) is 14.5 Å². The first-order valence-electron chi connectivity index (χ1n) is 9.88. The maximum absolute atomic E-state index is 13.1. The summed E-state index contributed by atoms with van der Waals surface area (Å²) < 4.78 is 34.3. The van der Waals surface area contributed by atoms with Crippen molar-refractivity contribution >= 4 is 17.8 Å². The zero-order valence-corrected chi connectivity index (χ0v) is 17.6. The van der Waals surface area contributed by atoms with E-state index in [9.17, 15) is 23.2 Å². The summed E-state index contributed by atoms with van der Waals surface area (Å²) in [6, 6.07) is 12.4. The maximum Gasteiger partial charge on any atom is 0.387 e. The number of hydrogen-bond donors (Lipinski definition) is 2. The van der Waals surface area contributed by atoms with Crippen LogP contribution >= 0.6 is 0 Å². The van der Waals surface area contributed by atoms with Crippen molar-refractivity contribution in [2.24, 2.45) is 0 Å². The van der Waals surface area contributed by atoms with Gasteiger partial charge in [0.1, 0.15) is 12.1 Å². The van der Waals surface area contributed by atoms with Crippen molar-refractivity contribution in [2.75, 3.05) is 13.7 Å². The van der Waals surface area contributed by atoms with Crippen LogP contribution in [0.5, 0.6) is 11.5 Å². The Morgan fingerprint density at radius 3 is 2.50 bits per heavy atom. The molecule has 32 heavy (non-hydrogen) atoms. The predicted molar refractivity (Wildman–Crippen MR) is 110 cm³/mol. The van der Waals surface area contributed by atoms with E-state index in [2.05, 4.69) is 15.4 Å². The largest absolute Gasteiger partial charge is 0.493 e. The van der Waals surface area contributed by atoms with Gasteiger partial charge >= 0.3 is 12.6 Å². The molecule has 1 aliphatic rings. The maximum atomic E-state index is 13.1. The highest BCUT2D eigenvalue weighted by molar-refractivity contribution is 6.09. The second-order valence-corrected chi connectivity index (χ2v) is 7.09. The summed E-state index contributed by atoms with van der Waals surface area (Å²) >= 11 is 0. The molecule has 0 aliphatic carbocycles. The van der Waals surface area contributed by atoms with Crippen LogP contribution in [-0.4, -0.2) is 43.0 Å². The molecule has 1 saturated heterocycles. The highest BCUT2D eigenvalue weighted by Gasteiger charge is 2.51. The molecule has 2 N–H and O–H groups in total. The molecule has 170 valence electrons. The molecule has 1 fully saturated rings. The van der Waals surface area contributed by atoms with E-state index in [1.807, 2.05) is 0 Å². The van der Waals surface area contributed by atoms with Gasteiger partial charge in [0.05, 0.1) is 7.11 Å². The highest BCUT2D eigenvalue weighted by atomic mass is 19.3. The number of urea groups is 1. The van der Waals surface area contributed by atoms with Gasteiger partial charge in [-0.05, 0) is 29.7 Å². The minimum absolute atomic E-state index is 0.0331. The number of ether oxygens (including phenoxy) is 2. The average Bonchev–Trinajstić information content (AvgIpc) is 3.03. The number of benzene rings is 2. The van der Waals surface area contributed by atoms with E-state index >= 15 is 0 Å². The Bertz CT molecular complexity index is 1000. The van der Waals surface area contributed by atoms with Gasteiger partial charge in [0.2, 0.25) is 5.91 Å². The first-order chi connectivity index (χ1) is 15.3. The van der Waals surface area contributed by atoms with Crippen LogP contribution in [0.2, 0.25) is 0 Å². The van der Waals surface area contributed by atoms with Crippen molar-refractivity contribution in [3.05, 3.63) is 59.7 Å². The predicted octanol–water partition coefficient (Wildman–Crippen LogP) is 2.77. The van der Waals surface area contributed by atoms with E-state index in [4.69, 9.17) is 4.74 Å². The lowest BCUT2D eigenvalue weighted by Crippen LogP contribution is -2.44. The van der Waals surface area contributed by atoms with Gasteiger partial charge < -0.3 is 20.1 Å². The van der Waals surface area contributed by atoms with E-state index in [1.54, 1.807) is 37.3 Å². The number of hydrogen-bond acceptors (Lipinski definition) is 5. The summed E-state index contributed by atoms with van der Waals surface area (Å²) in [7, 11) is 1.31. The third-order valence-electron chi connectivity index (χ3n) is 5.21. The number of alkyl halides is 2. The summed E-state index contributed by atoms with van der Waals surface area (Å²) in [5.41, 5.74) is -0.0184. The fourth-order valence-corrected chi connectivity index (χ4v) is 3.55. The molecule has 4 amide bonds. The molecule has 0 spiro atoms. The van der Waals surface area contributed by atoms with Crippen LogP contribution in [0.1, 0.15) is 24.5 Å². The standard InChI is InChI=1S/C22H23F2N3O5/c1-3-22(15-7-5-4-6-8-15)19(29)27(21(30)26-22)13-18(28)25-12-14-9-10-16(32-20(23)24)17(11-14)31-2/h4-11,20H,3,12-13H2,1-2H3,(H,25,28)(H,26,30). The smallest absolute Gasteiger partial charge is 0.387 e. The van der Waals surface area contributed by atoms with E-state index in [-0.39, 0.29) is 18.0 Å². The van der Waals surface area contributed by atoms with Gasteiger partial charge in [-0.25, -0.2) is 4.79 Å². The van der Waals surface area contributed by atoms with Gasteiger partial charge in [0, 0.05) is 6.54 Å². The van der Waals surface area contributed by atoms with E-state index in [0.29, 0.717) is 17.5 Å². The Morgan fingerprint density at radius 2 is 1.88 bits per heavy atom. The molecule has 10 heteroatoms. The fourth-order valence-electron chi connectivity index (χ4n) is 3.55. The van der Waals surface area contributed by atoms with Crippen LogP contribution in [0.3, 0.4) is 0 Å². The first kappa shape index (κ1) is 23.0. The Kier molecular flexibility index (Phi) is 6.92. The molecule has 1 atom stereocenters. The van der Waals surface area contributed by atoms with Crippen molar-refractivity contribution in [1.29, 1.82) is 0 Å². The molecule has 8 nitrogen and oxygen atoms in total. The molecule has 2 aromatic carbocycles. The van der Waals surface area contributed by atoms with Crippen molar-refractivity contribution in [3.63, 3.8) is 0 Å². The van der Waals surface area contributed by atoms with Crippen LogP contribution < -0.4 is 20.1 Å². The number of nitrogens with one attached hydrogen (secondary N) is 2. The molecule has 1 unspecified atom stereocenters. The van der Waals surface area contributed by atoms with E-state index < -0.39 is 36.5 Å². The van der Waals surface area contributed by atoms with Gasteiger partial charge in [-0.2, -0.15) is 8.78 Å². The Balaban J connectivity index is 1.65. The zero-order valence-electron chi connectivity index (χ0n) is 17.6. The number of nitrogens with zero attached hydrogens (tertiary/aromatic N) is 1. The average molecular weight is 447 g/mol. The second kappa shape index (κ2) is 9.63. The van der Waals surface area contributed by atoms with Crippen LogP contribution in [0, 0.1) is 0 Å². The first-order valence-corrected chi connectivity index (χ1v) is 9.88. The number of methoxy groups -OCH3 is 1. The Labute approximate surface area is 183 Å². The molecule has 1 aliphatic heterocycles. The minimum atomic E-state index is -3.00. The summed E-state index contributed by atoms with van der Waals surface area (Å²) in [4.78, 5) is 38.8. The van der Waals surface area contributed by atoms with E-state index in [1.165, 1.54) is 25.3 Å². The van der Waals surface area contributed by atoms with Gasteiger partial charge in [-0.1, -0.05) is 43.3 Å². The summed E-state index contributed by atoms with van der Waals surface area (Å²) in [5, 5.41) is 5.32. The van der Waals surface area contributed by atoms with Crippen molar-refractivity contribution in [2.45, 2.75) is 32.0 Å². The van der Waals surface area contributed by atoms with Gasteiger partial charge in [0.15, 0.2) is 11.5 Å². The lowest BCUT2D eigenvalue weighted by molar-refractivity contribution is -0.135. The molecule has 0 aromatic heterocycles. The van der Waals surface area contributed by atoms with Crippen molar-refractivity contribution in [1.82, 2.24) is 15.5 Å². The SMILES string of the molecule is CCC1(c2ccccc2)NC(=O)N(CC(=O)NCc2ccc(OC(F)F)c(OC)c2)C1=O. The van der Waals surface area contributed by atoms with Gasteiger partial charge in [-0.15, -0.1) is 0 Å². The number of carbonyl (C=O) groups excluding carboxylic acids is 3. The number of rotatable bonds is 9. The summed E-state index contributed by atoms with van der Waals surface area (Å²) in [6.45, 7) is -1.64. The quantitative estimate of drug-likeness (QED) is 0.577. The third-order valence-corrected chi connectivity index (χ3v) is 5.21. The normalized spacial score (nSPS) is 18.0. The van der Waals surface area contributed by atoms with Crippen LogP contribution in [-0.2, 0) is 21.7 Å². The summed E-state index contributed by atoms with van der Waals surface area (Å²) in [6.07, 6.45) is 0.326. The van der Waals surface area contributed by atoms with E-state index in [0.717, 1.165) is 4.90 Å². The van der Waals surface area contributed by atoms with Gasteiger partial charge in [0.25, 0.3) is 5.91 Å². The third kappa shape index (κ3) is 4.63. The second-order valence-electron chi connectivity index (χ2n) is 7.09. The van der Waals surface area contributed by atoms with Crippen molar-refractivity contribution < 1.29 is 32.6 Å². The molecule has 0 radical (unpaired) electrons. The van der Waals surface area contributed by atoms with Crippen LogP contribution in [0.4, 0.5) is 13.6 Å². The van der Waals surface area contributed by atoms with Crippen LogP contribution in [0.25, 0.3) is 0 Å². The Morgan fingerprint density at radius 1 is 1.16 bits per heavy atom. The molecule has 2 aromatic rings. The minimum Gasteiger partial charge on any atom is -0.493 e. The Hall–Kier alpha value is -3.69. The zero-order chi connectivity index (χ0) is 23.3. The summed E-state index contributed by atoms with van der Waals surface area (Å²) in [5.74, 6) is -1.10. The number of amides is 4. The van der Waals surface area contributed by atoms with Crippen LogP contribution in [0.15, 0.2) is 48.5 Å². The molecule has 0 bridgehead atoms. The highest BCUT2D eigenvalue weighted by Crippen LogP contribution is 2.32. The topological polar surface area (TPSA) is 97.0 Å². The molecule has 0 saturated carbocycles. The molecule has 3 rings (SSSR count). The monoisotopic (exact) mass is 447 g/mol. The fraction of sp³-hybridized carbons (Fsp3) is 0.318. The molecular formula is C22H23F2N3O5. The number of carbonyl (C=O) groups is 3. The lowest BCUT2D eigenvalue weighted by Gasteiger charge is -2.25.